The highest BCUT2D eigenvalue weighted by atomic mass is 16.5. The van der Waals surface area contributed by atoms with Crippen molar-refractivity contribution in [2.45, 2.75) is 25.7 Å². The van der Waals surface area contributed by atoms with Gasteiger partial charge in [-0.15, -0.1) is 0 Å². The molecule has 0 unspecified atom stereocenters. The third-order valence-electron chi connectivity index (χ3n) is 7.14. The molecule has 0 atom stereocenters. The maximum absolute atomic E-state index is 12.8. The van der Waals surface area contributed by atoms with Crippen molar-refractivity contribution in [3.63, 3.8) is 0 Å². The number of aromatic nitrogens is 1. The van der Waals surface area contributed by atoms with Crippen LogP contribution in [-0.2, 0) is 11.2 Å². The molecule has 40 heavy (non-hydrogen) atoms. The molecule has 10 nitrogen and oxygen atoms in total. The summed E-state index contributed by atoms with van der Waals surface area (Å²) in [5.74, 6) is 1.75. The molecule has 2 saturated heterocycles. The van der Waals surface area contributed by atoms with Crippen molar-refractivity contribution in [1.82, 2.24) is 20.1 Å². The highest BCUT2D eigenvalue weighted by Crippen LogP contribution is 2.25. The maximum atomic E-state index is 12.8. The second kappa shape index (κ2) is 13.1. The molecule has 0 spiro atoms. The number of ether oxygens (including phenoxy) is 1. The van der Waals surface area contributed by atoms with Crippen molar-refractivity contribution in [3.8, 4) is 11.5 Å². The number of rotatable bonds is 8. The van der Waals surface area contributed by atoms with Gasteiger partial charge in [0, 0.05) is 37.6 Å². The van der Waals surface area contributed by atoms with Gasteiger partial charge in [0.15, 0.2) is 0 Å². The molecule has 0 aliphatic carbocycles. The number of urea groups is 2. The standard InChI is InChI=1S/C30H34N6O4/c37-28(19-22-5-2-1-3-6-22)34-29(38)32-24-7-9-25(10-8-24)40-26-11-14-31-27(20-26)33-30(39)36-17-12-23(13-18-36)21-35-15-4-16-35/h1-3,5-11,14,20,23H,4,12-13,15-19,21H2,(H,31,33,39)(H2,32,34,37,38). The van der Waals surface area contributed by atoms with E-state index in [-0.39, 0.29) is 12.5 Å². The number of piperidine rings is 1. The lowest BCUT2D eigenvalue weighted by atomic mass is 9.95. The monoisotopic (exact) mass is 542 g/mol. The number of anilines is 2. The summed E-state index contributed by atoms with van der Waals surface area (Å²) in [6.07, 6.45) is 5.05. The Morgan fingerprint density at radius 2 is 1.62 bits per heavy atom. The molecule has 3 aromatic rings. The van der Waals surface area contributed by atoms with Gasteiger partial charge in [0.1, 0.15) is 17.3 Å². The Kier molecular flexibility index (Phi) is 8.87. The first kappa shape index (κ1) is 27.1. The summed E-state index contributed by atoms with van der Waals surface area (Å²) in [5.41, 5.74) is 1.33. The van der Waals surface area contributed by atoms with Gasteiger partial charge < -0.3 is 19.9 Å². The minimum atomic E-state index is -0.607. The highest BCUT2D eigenvalue weighted by Gasteiger charge is 2.26. The van der Waals surface area contributed by atoms with Crippen LogP contribution >= 0.6 is 0 Å². The molecule has 0 bridgehead atoms. The van der Waals surface area contributed by atoms with E-state index < -0.39 is 11.9 Å². The van der Waals surface area contributed by atoms with Crippen LogP contribution in [0, 0.1) is 5.92 Å². The molecule has 0 radical (unpaired) electrons. The number of amides is 5. The zero-order chi connectivity index (χ0) is 27.7. The molecule has 0 saturated carbocycles. The van der Waals surface area contributed by atoms with Gasteiger partial charge in [0.05, 0.1) is 6.42 Å². The van der Waals surface area contributed by atoms with E-state index in [1.54, 1.807) is 42.6 Å². The molecule has 3 N–H and O–H groups in total. The number of imide groups is 1. The lowest BCUT2D eigenvalue weighted by Gasteiger charge is -2.38. The third kappa shape index (κ3) is 7.79. The minimum absolute atomic E-state index is 0.118. The van der Waals surface area contributed by atoms with Gasteiger partial charge in [-0.1, -0.05) is 30.3 Å². The number of benzene rings is 2. The quantitative estimate of drug-likeness (QED) is 0.380. The van der Waals surface area contributed by atoms with E-state index in [1.165, 1.54) is 19.5 Å². The normalized spacial score (nSPS) is 15.6. The predicted molar refractivity (Wildman–Crippen MR) is 152 cm³/mol. The molecule has 2 aliphatic rings. The molecule has 2 fully saturated rings. The smallest absolute Gasteiger partial charge is 0.325 e. The number of hydrogen-bond acceptors (Lipinski definition) is 6. The molecule has 2 aromatic carbocycles. The number of nitrogens with zero attached hydrogens (tertiary/aromatic N) is 3. The minimum Gasteiger partial charge on any atom is -0.457 e. The molecular formula is C30H34N6O4. The van der Waals surface area contributed by atoms with Gasteiger partial charge in [0.25, 0.3) is 0 Å². The van der Waals surface area contributed by atoms with Crippen molar-refractivity contribution in [2.75, 3.05) is 43.4 Å². The average molecular weight is 543 g/mol. The average Bonchev–Trinajstić information content (AvgIpc) is 2.93. The van der Waals surface area contributed by atoms with Crippen LogP contribution in [-0.4, -0.2) is 65.5 Å². The van der Waals surface area contributed by atoms with E-state index in [9.17, 15) is 14.4 Å². The van der Waals surface area contributed by atoms with Crippen LogP contribution in [0.15, 0.2) is 72.9 Å². The Morgan fingerprint density at radius 1 is 0.875 bits per heavy atom. The fourth-order valence-corrected chi connectivity index (χ4v) is 4.84. The van der Waals surface area contributed by atoms with Gasteiger partial charge in [0.2, 0.25) is 5.91 Å². The lowest BCUT2D eigenvalue weighted by Crippen LogP contribution is -2.46. The number of nitrogens with one attached hydrogen (secondary N) is 3. The van der Waals surface area contributed by atoms with Crippen LogP contribution in [0.3, 0.4) is 0 Å². The molecule has 3 heterocycles. The summed E-state index contributed by atoms with van der Waals surface area (Å²) in [6, 6.07) is 18.6. The Morgan fingerprint density at radius 3 is 2.33 bits per heavy atom. The zero-order valence-corrected chi connectivity index (χ0v) is 22.3. The van der Waals surface area contributed by atoms with E-state index in [4.69, 9.17) is 4.74 Å². The van der Waals surface area contributed by atoms with Crippen molar-refractivity contribution < 1.29 is 19.1 Å². The Labute approximate surface area is 233 Å². The molecule has 5 rings (SSSR count). The molecule has 5 amide bonds. The van der Waals surface area contributed by atoms with Crippen LogP contribution in [0.2, 0.25) is 0 Å². The van der Waals surface area contributed by atoms with E-state index in [2.05, 4.69) is 25.8 Å². The lowest BCUT2D eigenvalue weighted by molar-refractivity contribution is -0.119. The van der Waals surface area contributed by atoms with E-state index in [1.807, 2.05) is 35.2 Å². The molecular weight excluding hydrogens is 508 g/mol. The summed E-state index contributed by atoms with van der Waals surface area (Å²) < 4.78 is 5.91. The van der Waals surface area contributed by atoms with Crippen LogP contribution in [0.1, 0.15) is 24.8 Å². The largest absolute Gasteiger partial charge is 0.457 e. The third-order valence-corrected chi connectivity index (χ3v) is 7.14. The fraction of sp³-hybridized carbons (Fsp3) is 0.333. The van der Waals surface area contributed by atoms with Crippen LogP contribution in [0.25, 0.3) is 0 Å². The summed E-state index contributed by atoms with van der Waals surface area (Å²) >= 11 is 0. The SMILES string of the molecule is O=C(Cc1ccccc1)NC(=O)Nc1ccc(Oc2ccnc(NC(=O)N3CCC(CN4CCC4)CC3)c2)cc1. The Balaban J connectivity index is 1.07. The van der Waals surface area contributed by atoms with Crippen molar-refractivity contribution in [3.05, 3.63) is 78.5 Å². The van der Waals surface area contributed by atoms with Crippen LogP contribution in [0.5, 0.6) is 11.5 Å². The van der Waals surface area contributed by atoms with Crippen LogP contribution < -0.4 is 20.7 Å². The Bertz CT molecular complexity index is 1310. The van der Waals surface area contributed by atoms with Gasteiger partial charge >= 0.3 is 12.1 Å². The van der Waals surface area contributed by atoms with Gasteiger partial charge in [-0.25, -0.2) is 14.6 Å². The molecule has 2 aliphatic heterocycles. The Hall–Kier alpha value is -4.44. The summed E-state index contributed by atoms with van der Waals surface area (Å²) in [7, 11) is 0. The molecule has 1 aromatic heterocycles. The molecule has 10 heteroatoms. The summed E-state index contributed by atoms with van der Waals surface area (Å²) in [6.45, 7) is 5.07. The van der Waals surface area contributed by atoms with Gasteiger partial charge in [-0.05, 0) is 74.2 Å². The van der Waals surface area contributed by atoms with E-state index in [0.717, 1.165) is 38.0 Å². The fourth-order valence-electron chi connectivity index (χ4n) is 4.84. The van der Waals surface area contributed by atoms with Gasteiger partial charge in [-0.3, -0.25) is 15.4 Å². The first-order valence-corrected chi connectivity index (χ1v) is 13.7. The van der Waals surface area contributed by atoms with E-state index in [0.29, 0.717) is 28.9 Å². The number of pyridine rings is 1. The first-order chi connectivity index (χ1) is 19.5. The first-order valence-electron chi connectivity index (χ1n) is 13.7. The topological polar surface area (TPSA) is 116 Å². The van der Waals surface area contributed by atoms with Crippen molar-refractivity contribution in [2.24, 2.45) is 5.92 Å². The van der Waals surface area contributed by atoms with Crippen LogP contribution in [0.4, 0.5) is 21.1 Å². The number of hydrogen-bond donors (Lipinski definition) is 3. The number of carbonyl (C=O) groups excluding carboxylic acids is 3. The second-order valence-corrected chi connectivity index (χ2v) is 10.2. The summed E-state index contributed by atoms with van der Waals surface area (Å²) in [4.78, 5) is 45.6. The van der Waals surface area contributed by atoms with Crippen molar-refractivity contribution >= 4 is 29.5 Å². The zero-order valence-electron chi connectivity index (χ0n) is 22.3. The van der Waals surface area contributed by atoms with Gasteiger partial charge in [-0.2, -0.15) is 0 Å². The molecule has 208 valence electrons. The number of likely N-dealkylation sites (tertiary alicyclic amines) is 2. The predicted octanol–water partition coefficient (Wildman–Crippen LogP) is 4.71. The van der Waals surface area contributed by atoms with Crippen molar-refractivity contribution in [1.29, 1.82) is 0 Å². The summed E-state index contributed by atoms with van der Waals surface area (Å²) in [5, 5.41) is 7.84. The number of carbonyl (C=O) groups is 3. The maximum Gasteiger partial charge on any atom is 0.325 e. The highest BCUT2D eigenvalue weighted by molar-refractivity contribution is 6.01. The second-order valence-electron chi connectivity index (χ2n) is 10.2. The van der Waals surface area contributed by atoms with E-state index >= 15 is 0 Å².